The van der Waals surface area contributed by atoms with Crippen molar-refractivity contribution in [2.45, 2.75) is 63.6 Å². The van der Waals surface area contributed by atoms with Gasteiger partial charge in [-0.2, -0.15) is 0 Å². The van der Waals surface area contributed by atoms with Gasteiger partial charge in [-0.05, 0) is 47.7 Å². The van der Waals surface area contributed by atoms with Gasteiger partial charge in [0.15, 0.2) is 0 Å². The summed E-state index contributed by atoms with van der Waals surface area (Å²) >= 11 is 0. The van der Waals surface area contributed by atoms with Crippen LogP contribution in [-0.2, 0) is 29.0 Å². The van der Waals surface area contributed by atoms with E-state index in [9.17, 15) is 14.0 Å². The number of hydrogen-bond donors (Lipinski definition) is 1. The number of hydrogen-bond acceptors (Lipinski definition) is 3. The first kappa shape index (κ1) is 26.4. The zero-order chi connectivity index (χ0) is 26.0. The van der Waals surface area contributed by atoms with E-state index in [0.29, 0.717) is 17.7 Å². The monoisotopic (exact) mass is 502 g/mol. The number of nitrogens with one attached hydrogen (secondary N) is 1. The second-order valence-corrected chi connectivity index (χ2v) is 9.69. The summed E-state index contributed by atoms with van der Waals surface area (Å²) in [6.45, 7) is 0.208. The van der Waals surface area contributed by atoms with Crippen LogP contribution in [0.5, 0.6) is 5.75 Å². The highest BCUT2D eigenvalue weighted by Gasteiger charge is 2.32. The van der Waals surface area contributed by atoms with Gasteiger partial charge in [0.2, 0.25) is 11.8 Å². The smallest absolute Gasteiger partial charge is 0.243 e. The lowest BCUT2D eigenvalue weighted by atomic mass is 9.94. The van der Waals surface area contributed by atoms with Gasteiger partial charge in [0.05, 0.1) is 13.5 Å². The fourth-order valence-corrected chi connectivity index (χ4v) is 4.97. The Morgan fingerprint density at radius 2 is 1.65 bits per heavy atom. The number of amides is 2. The SMILES string of the molecule is COc1cccc(CN(C(=O)Cc2ccccc2F)[C@@H](Cc2ccccc2)C(=O)NC2CCCCC2)c1. The number of carbonyl (C=O) groups excluding carboxylic acids is 2. The van der Waals surface area contributed by atoms with E-state index in [1.54, 1.807) is 30.2 Å². The Morgan fingerprint density at radius 1 is 0.946 bits per heavy atom. The maximum absolute atomic E-state index is 14.5. The zero-order valence-corrected chi connectivity index (χ0v) is 21.4. The molecular weight excluding hydrogens is 467 g/mol. The predicted octanol–water partition coefficient (Wildman–Crippen LogP) is 5.47. The molecule has 0 spiro atoms. The Labute approximate surface area is 218 Å². The van der Waals surface area contributed by atoms with E-state index in [2.05, 4.69) is 5.32 Å². The van der Waals surface area contributed by atoms with Crippen molar-refractivity contribution in [3.63, 3.8) is 0 Å². The standard InChI is InChI=1S/C31H35FN2O3/c1-37-27-17-10-13-24(19-27)22-34(30(35)21-25-14-8-9-18-28(25)32)29(20-23-11-4-2-5-12-23)31(36)33-26-15-6-3-7-16-26/h2,4-5,8-14,17-19,26,29H,3,6-7,15-16,20-22H2,1H3,(H,33,36)/t29-/m0/s1. The van der Waals surface area contributed by atoms with Crippen molar-refractivity contribution in [3.05, 3.63) is 101 Å². The molecular formula is C31H35FN2O3. The summed E-state index contributed by atoms with van der Waals surface area (Å²) in [5, 5.41) is 3.23. The van der Waals surface area contributed by atoms with Crippen molar-refractivity contribution in [1.82, 2.24) is 10.2 Å². The van der Waals surface area contributed by atoms with Crippen LogP contribution < -0.4 is 10.1 Å². The molecule has 1 N–H and O–H groups in total. The Balaban J connectivity index is 1.67. The minimum Gasteiger partial charge on any atom is -0.497 e. The van der Waals surface area contributed by atoms with E-state index in [1.807, 2.05) is 54.6 Å². The summed E-state index contributed by atoms with van der Waals surface area (Å²) in [5.74, 6) is -0.220. The second-order valence-electron chi connectivity index (χ2n) is 9.69. The fourth-order valence-electron chi connectivity index (χ4n) is 4.97. The molecule has 1 atom stereocenters. The Bertz CT molecular complexity index is 1180. The largest absolute Gasteiger partial charge is 0.497 e. The first-order valence-corrected chi connectivity index (χ1v) is 13.0. The molecule has 0 saturated heterocycles. The normalized spacial score (nSPS) is 14.5. The fraction of sp³-hybridized carbons (Fsp3) is 0.355. The summed E-state index contributed by atoms with van der Waals surface area (Å²) in [6.07, 6.45) is 5.50. The first-order chi connectivity index (χ1) is 18.0. The van der Waals surface area contributed by atoms with Crippen LogP contribution in [0, 0.1) is 5.82 Å². The van der Waals surface area contributed by atoms with Crippen molar-refractivity contribution in [2.24, 2.45) is 0 Å². The van der Waals surface area contributed by atoms with E-state index >= 15 is 0 Å². The quantitative estimate of drug-likeness (QED) is 0.400. The van der Waals surface area contributed by atoms with E-state index in [4.69, 9.17) is 4.74 Å². The lowest BCUT2D eigenvalue weighted by molar-refractivity contribution is -0.141. The predicted molar refractivity (Wildman–Crippen MR) is 143 cm³/mol. The summed E-state index contributed by atoms with van der Waals surface area (Å²) in [5.41, 5.74) is 2.11. The van der Waals surface area contributed by atoms with Crippen molar-refractivity contribution in [1.29, 1.82) is 0 Å². The molecule has 3 aromatic carbocycles. The molecule has 0 bridgehead atoms. The molecule has 0 radical (unpaired) electrons. The number of halogens is 1. The van der Waals surface area contributed by atoms with Gasteiger partial charge in [0, 0.05) is 19.0 Å². The van der Waals surface area contributed by atoms with E-state index in [0.717, 1.165) is 36.8 Å². The number of benzene rings is 3. The molecule has 1 fully saturated rings. The minimum atomic E-state index is -0.741. The molecule has 0 unspecified atom stereocenters. The highest BCUT2D eigenvalue weighted by molar-refractivity contribution is 5.89. The molecule has 0 heterocycles. The first-order valence-electron chi connectivity index (χ1n) is 13.0. The Morgan fingerprint density at radius 3 is 2.38 bits per heavy atom. The molecule has 5 nitrogen and oxygen atoms in total. The van der Waals surface area contributed by atoms with Gasteiger partial charge >= 0.3 is 0 Å². The summed E-state index contributed by atoms with van der Waals surface area (Å²) < 4.78 is 19.9. The highest BCUT2D eigenvalue weighted by atomic mass is 19.1. The number of nitrogens with zero attached hydrogens (tertiary/aromatic N) is 1. The molecule has 37 heavy (non-hydrogen) atoms. The molecule has 1 aliphatic carbocycles. The molecule has 4 rings (SSSR count). The van der Waals surface area contributed by atoms with Crippen LogP contribution in [0.2, 0.25) is 0 Å². The molecule has 1 aliphatic rings. The van der Waals surface area contributed by atoms with Crippen LogP contribution in [0.3, 0.4) is 0 Å². The van der Waals surface area contributed by atoms with Crippen molar-refractivity contribution in [2.75, 3.05) is 7.11 Å². The molecule has 1 saturated carbocycles. The third kappa shape index (κ3) is 7.42. The number of carbonyl (C=O) groups is 2. The van der Waals surface area contributed by atoms with Crippen molar-refractivity contribution < 1.29 is 18.7 Å². The van der Waals surface area contributed by atoms with Crippen molar-refractivity contribution >= 4 is 11.8 Å². The van der Waals surface area contributed by atoms with Crippen LogP contribution in [-0.4, -0.2) is 35.9 Å². The molecule has 194 valence electrons. The summed E-state index contributed by atoms with van der Waals surface area (Å²) in [4.78, 5) is 29.2. The van der Waals surface area contributed by atoms with Crippen LogP contribution >= 0.6 is 0 Å². The van der Waals surface area contributed by atoms with Crippen LogP contribution in [0.25, 0.3) is 0 Å². The van der Waals surface area contributed by atoms with Gasteiger partial charge in [-0.3, -0.25) is 9.59 Å². The van der Waals surface area contributed by atoms with E-state index in [1.165, 1.54) is 12.5 Å². The van der Waals surface area contributed by atoms with Gasteiger partial charge in [-0.25, -0.2) is 4.39 Å². The van der Waals surface area contributed by atoms with Gasteiger partial charge < -0.3 is 15.0 Å². The molecule has 6 heteroatoms. The van der Waals surface area contributed by atoms with Gasteiger partial charge in [0.1, 0.15) is 17.6 Å². The molecule has 3 aromatic rings. The molecule has 2 amide bonds. The average Bonchev–Trinajstić information content (AvgIpc) is 2.93. The lowest BCUT2D eigenvalue weighted by Gasteiger charge is -2.33. The van der Waals surface area contributed by atoms with Crippen LogP contribution in [0.15, 0.2) is 78.9 Å². The minimum absolute atomic E-state index is 0.111. The Kier molecular flexibility index (Phi) is 9.30. The Hall–Kier alpha value is -3.67. The molecule has 0 aromatic heterocycles. The number of rotatable bonds is 10. The number of ether oxygens (including phenoxy) is 1. The maximum atomic E-state index is 14.5. The zero-order valence-electron chi connectivity index (χ0n) is 21.4. The summed E-state index contributed by atoms with van der Waals surface area (Å²) in [6, 6.07) is 22.9. The van der Waals surface area contributed by atoms with Gasteiger partial charge in [-0.1, -0.05) is 79.9 Å². The van der Waals surface area contributed by atoms with E-state index in [-0.39, 0.29) is 30.8 Å². The van der Waals surface area contributed by atoms with E-state index < -0.39 is 11.9 Å². The van der Waals surface area contributed by atoms with Gasteiger partial charge in [-0.15, -0.1) is 0 Å². The third-order valence-corrected chi connectivity index (χ3v) is 7.01. The topological polar surface area (TPSA) is 58.6 Å². The van der Waals surface area contributed by atoms with Gasteiger partial charge in [0.25, 0.3) is 0 Å². The van der Waals surface area contributed by atoms with Crippen molar-refractivity contribution in [3.8, 4) is 5.75 Å². The van der Waals surface area contributed by atoms with Crippen LogP contribution in [0.1, 0.15) is 48.8 Å². The maximum Gasteiger partial charge on any atom is 0.243 e. The lowest BCUT2D eigenvalue weighted by Crippen LogP contribution is -2.53. The van der Waals surface area contributed by atoms with Crippen LogP contribution in [0.4, 0.5) is 4.39 Å². The third-order valence-electron chi connectivity index (χ3n) is 7.01. The number of methoxy groups -OCH3 is 1. The second kappa shape index (κ2) is 13.0. The summed E-state index contributed by atoms with van der Waals surface area (Å²) in [7, 11) is 1.59. The molecule has 0 aliphatic heterocycles. The highest BCUT2D eigenvalue weighted by Crippen LogP contribution is 2.22. The average molecular weight is 503 g/mol.